The van der Waals surface area contributed by atoms with Crippen molar-refractivity contribution in [2.45, 2.75) is 0 Å². The molecule has 0 saturated carbocycles. The molecule has 1 aromatic carbocycles. The Morgan fingerprint density at radius 3 is 2.53 bits per heavy atom. The first-order valence-electron chi connectivity index (χ1n) is 5.05. The largest absolute Gasteiger partial charge is 0.497 e. The molecule has 5 heteroatoms. The third kappa shape index (κ3) is 2.55. The predicted molar refractivity (Wildman–Crippen MR) is 70.8 cm³/mol. The summed E-state index contributed by atoms with van der Waals surface area (Å²) in [6, 6.07) is 7.79. The monoisotopic (exact) mass is 293 g/mol. The van der Waals surface area contributed by atoms with Gasteiger partial charge in [0.05, 0.1) is 11.6 Å². The zero-order chi connectivity index (χ0) is 12.3. The number of hydrogen-bond donors (Lipinski definition) is 0. The fraction of sp³-hybridized carbons (Fsp3) is 0.167. The van der Waals surface area contributed by atoms with Crippen molar-refractivity contribution in [1.29, 1.82) is 0 Å². The molecule has 0 N–H and O–H groups in total. The lowest BCUT2D eigenvalue weighted by atomic mass is 10.3. The van der Waals surface area contributed by atoms with E-state index in [1.165, 1.54) is 6.33 Å². The number of halogens is 1. The maximum absolute atomic E-state index is 5.12. The molecule has 0 amide bonds. The smallest absolute Gasteiger partial charge is 0.150 e. The molecule has 0 saturated heterocycles. The van der Waals surface area contributed by atoms with Crippen LogP contribution in [0, 0.1) is 0 Å². The minimum atomic E-state index is 0.824. The van der Waals surface area contributed by atoms with Gasteiger partial charge in [-0.3, -0.25) is 0 Å². The first-order valence-corrected chi connectivity index (χ1v) is 5.85. The average molecular weight is 294 g/mol. The van der Waals surface area contributed by atoms with E-state index >= 15 is 0 Å². The van der Waals surface area contributed by atoms with Crippen molar-refractivity contribution in [3.05, 3.63) is 41.3 Å². The molecular weight excluding hydrogens is 282 g/mol. The first kappa shape index (κ1) is 11.9. The fourth-order valence-corrected chi connectivity index (χ4v) is 1.97. The van der Waals surface area contributed by atoms with Crippen molar-refractivity contribution in [3.8, 4) is 5.75 Å². The van der Waals surface area contributed by atoms with Crippen LogP contribution in [0.2, 0.25) is 0 Å². The molecule has 0 unspecified atom stereocenters. The number of nitrogens with zero attached hydrogens (tertiary/aromatic N) is 3. The summed E-state index contributed by atoms with van der Waals surface area (Å²) in [5, 5.41) is 0. The van der Waals surface area contributed by atoms with Crippen LogP contribution in [0.3, 0.4) is 0 Å². The van der Waals surface area contributed by atoms with Crippen LogP contribution in [0.5, 0.6) is 5.75 Å². The quantitative estimate of drug-likeness (QED) is 0.872. The lowest BCUT2D eigenvalue weighted by Crippen LogP contribution is -2.11. The van der Waals surface area contributed by atoms with Crippen LogP contribution in [0.25, 0.3) is 0 Å². The van der Waals surface area contributed by atoms with E-state index in [-0.39, 0.29) is 0 Å². The third-order valence-electron chi connectivity index (χ3n) is 2.43. The molecule has 0 aliphatic rings. The Bertz CT molecular complexity index is 501. The van der Waals surface area contributed by atoms with Crippen molar-refractivity contribution in [2.24, 2.45) is 0 Å². The van der Waals surface area contributed by atoms with Gasteiger partial charge in [0.1, 0.15) is 12.1 Å². The maximum Gasteiger partial charge on any atom is 0.150 e. The van der Waals surface area contributed by atoms with Gasteiger partial charge in [-0.2, -0.15) is 0 Å². The summed E-state index contributed by atoms with van der Waals surface area (Å²) < 4.78 is 5.98. The van der Waals surface area contributed by atoms with E-state index in [4.69, 9.17) is 4.74 Å². The summed E-state index contributed by atoms with van der Waals surface area (Å²) in [6.45, 7) is 0. The molecular formula is C12H12BrN3O. The molecule has 0 aliphatic carbocycles. The fourth-order valence-electron chi connectivity index (χ4n) is 1.48. The Labute approximate surface area is 108 Å². The van der Waals surface area contributed by atoms with E-state index in [0.29, 0.717) is 0 Å². The highest BCUT2D eigenvalue weighted by molar-refractivity contribution is 9.10. The number of methoxy groups -OCH3 is 1. The van der Waals surface area contributed by atoms with E-state index in [1.54, 1.807) is 13.3 Å². The molecule has 2 rings (SSSR count). The summed E-state index contributed by atoms with van der Waals surface area (Å²) >= 11 is 3.43. The standard InChI is InChI=1S/C12H12BrN3O/c1-16(12-11(13)7-14-8-15-12)9-3-5-10(17-2)6-4-9/h3-8H,1-2H3. The molecule has 0 aliphatic heterocycles. The molecule has 2 aromatic rings. The summed E-state index contributed by atoms with van der Waals surface area (Å²) in [5.74, 6) is 1.66. The Balaban J connectivity index is 2.30. The van der Waals surface area contributed by atoms with Crippen LogP contribution in [0.1, 0.15) is 0 Å². The summed E-state index contributed by atoms with van der Waals surface area (Å²) in [7, 11) is 3.61. The van der Waals surface area contributed by atoms with Crippen molar-refractivity contribution in [2.75, 3.05) is 19.1 Å². The molecule has 1 aromatic heterocycles. The number of rotatable bonds is 3. The van der Waals surface area contributed by atoms with Crippen LogP contribution < -0.4 is 9.64 Å². The van der Waals surface area contributed by atoms with Gasteiger partial charge in [-0.05, 0) is 40.2 Å². The van der Waals surface area contributed by atoms with Crippen LogP contribution in [0.4, 0.5) is 11.5 Å². The van der Waals surface area contributed by atoms with Crippen LogP contribution in [0.15, 0.2) is 41.3 Å². The third-order valence-corrected chi connectivity index (χ3v) is 2.98. The van der Waals surface area contributed by atoms with Gasteiger partial charge in [0, 0.05) is 18.9 Å². The van der Waals surface area contributed by atoms with Crippen molar-refractivity contribution in [3.63, 3.8) is 0 Å². The van der Waals surface area contributed by atoms with Gasteiger partial charge in [0.15, 0.2) is 5.82 Å². The second-order valence-corrected chi connectivity index (χ2v) is 4.31. The summed E-state index contributed by atoms with van der Waals surface area (Å²) in [4.78, 5) is 10.2. The number of ether oxygens (including phenoxy) is 1. The van der Waals surface area contributed by atoms with Gasteiger partial charge in [0.25, 0.3) is 0 Å². The molecule has 0 bridgehead atoms. The highest BCUT2D eigenvalue weighted by atomic mass is 79.9. The number of benzene rings is 1. The number of aromatic nitrogens is 2. The van der Waals surface area contributed by atoms with Gasteiger partial charge in [-0.1, -0.05) is 0 Å². The molecule has 0 fully saturated rings. The van der Waals surface area contributed by atoms with E-state index in [0.717, 1.165) is 21.7 Å². The highest BCUT2D eigenvalue weighted by Crippen LogP contribution is 2.28. The SMILES string of the molecule is COc1ccc(N(C)c2ncncc2Br)cc1. The van der Waals surface area contributed by atoms with Crippen LogP contribution >= 0.6 is 15.9 Å². The van der Waals surface area contributed by atoms with Crippen molar-refractivity contribution in [1.82, 2.24) is 9.97 Å². The second kappa shape index (κ2) is 5.14. The molecule has 88 valence electrons. The van der Waals surface area contributed by atoms with Gasteiger partial charge in [-0.25, -0.2) is 9.97 Å². The van der Waals surface area contributed by atoms with Gasteiger partial charge in [-0.15, -0.1) is 0 Å². The Morgan fingerprint density at radius 1 is 1.24 bits per heavy atom. The second-order valence-electron chi connectivity index (χ2n) is 3.45. The van der Waals surface area contributed by atoms with Crippen LogP contribution in [-0.2, 0) is 0 Å². The minimum Gasteiger partial charge on any atom is -0.497 e. The van der Waals surface area contributed by atoms with Gasteiger partial charge < -0.3 is 9.64 Å². The molecule has 1 heterocycles. The zero-order valence-corrected chi connectivity index (χ0v) is 11.2. The molecule has 4 nitrogen and oxygen atoms in total. The lowest BCUT2D eigenvalue weighted by molar-refractivity contribution is 0.415. The molecule has 0 spiro atoms. The Hall–Kier alpha value is -1.62. The Kier molecular flexibility index (Phi) is 3.58. The van der Waals surface area contributed by atoms with Crippen LogP contribution in [-0.4, -0.2) is 24.1 Å². The van der Waals surface area contributed by atoms with Gasteiger partial charge in [0.2, 0.25) is 0 Å². The molecule has 0 atom stereocenters. The summed E-state index contributed by atoms with van der Waals surface area (Å²) in [5.41, 5.74) is 1.03. The van der Waals surface area contributed by atoms with E-state index in [2.05, 4.69) is 25.9 Å². The topological polar surface area (TPSA) is 38.2 Å². The summed E-state index contributed by atoms with van der Waals surface area (Å²) in [6.07, 6.45) is 3.25. The molecule has 0 radical (unpaired) electrons. The van der Waals surface area contributed by atoms with Gasteiger partial charge >= 0.3 is 0 Å². The molecule has 17 heavy (non-hydrogen) atoms. The maximum atomic E-state index is 5.12. The number of anilines is 2. The average Bonchev–Trinajstić information content (AvgIpc) is 2.39. The predicted octanol–water partition coefficient (Wildman–Crippen LogP) is 3.02. The normalized spacial score (nSPS) is 10.1. The first-order chi connectivity index (χ1) is 8.22. The number of hydrogen-bond acceptors (Lipinski definition) is 4. The minimum absolute atomic E-state index is 0.824. The lowest BCUT2D eigenvalue weighted by Gasteiger charge is -2.19. The van der Waals surface area contributed by atoms with E-state index < -0.39 is 0 Å². The van der Waals surface area contributed by atoms with E-state index in [1.807, 2.05) is 36.2 Å². The van der Waals surface area contributed by atoms with Crippen molar-refractivity contribution < 1.29 is 4.74 Å². The van der Waals surface area contributed by atoms with E-state index in [9.17, 15) is 0 Å². The zero-order valence-electron chi connectivity index (χ0n) is 9.59. The Morgan fingerprint density at radius 2 is 1.94 bits per heavy atom. The van der Waals surface area contributed by atoms with Crippen molar-refractivity contribution >= 4 is 27.4 Å². The highest BCUT2D eigenvalue weighted by Gasteiger charge is 2.09.